The molecule has 0 radical (unpaired) electrons. The van der Waals surface area contributed by atoms with Crippen molar-refractivity contribution in [1.29, 1.82) is 0 Å². The molecular weight excluding hydrogens is 495 g/mol. The maximum absolute atomic E-state index is 13.5. The fourth-order valence-electron chi connectivity index (χ4n) is 4.71. The molecule has 200 valence electrons. The molecule has 1 saturated heterocycles. The number of hydrogen-bond acceptors (Lipinski definition) is 8. The van der Waals surface area contributed by atoms with E-state index in [9.17, 15) is 9.18 Å². The number of anilines is 4. The largest absolute Gasteiger partial charge is 0.340 e. The Labute approximate surface area is 227 Å². The highest BCUT2D eigenvalue weighted by Crippen LogP contribution is 2.22. The van der Waals surface area contributed by atoms with Gasteiger partial charge < -0.3 is 15.5 Å². The van der Waals surface area contributed by atoms with Crippen LogP contribution in [0.2, 0.25) is 0 Å². The van der Waals surface area contributed by atoms with E-state index in [2.05, 4.69) is 42.5 Å². The zero-order valence-electron chi connectivity index (χ0n) is 22.0. The third kappa shape index (κ3) is 6.71. The molecule has 10 heteroatoms. The molecular formula is C29H31FN8O. The minimum Gasteiger partial charge on any atom is -0.340 e. The Balaban J connectivity index is 1.14. The lowest BCUT2D eigenvalue weighted by atomic mass is 10.0. The monoisotopic (exact) mass is 526 g/mol. The molecule has 1 fully saturated rings. The lowest BCUT2D eigenvalue weighted by Gasteiger charge is -2.36. The molecule has 2 N–H and O–H groups in total. The minimum absolute atomic E-state index is 0.0381. The number of aryl methyl sites for hydroxylation is 1. The first kappa shape index (κ1) is 26.2. The maximum atomic E-state index is 13.5. The highest BCUT2D eigenvalue weighted by Gasteiger charge is 2.26. The number of nitrogens with one attached hydrogen (secondary N) is 2. The predicted octanol–water partition coefficient (Wildman–Crippen LogP) is 4.94. The Morgan fingerprint density at radius 2 is 1.74 bits per heavy atom. The molecule has 0 aliphatic carbocycles. The van der Waals surface area contributed by atoms with Crippen LogP contribution < -0.4 is 10.6 Å². The quantitative estimate of drug-likeness (QED) is 0.333. The number of rotatable bonds is 8. The highest BCUT2D eigenvalue weighted by molar-refractivity contribution is 5.94. The van der Waals surface area contributed by atoms with Crippen LogP contribution in [0.4, 0.5) is 27.5 Å². The van der Waals surface area contributed by atoms with Crippen LogP contribution in [0.15, 0.2) is 73.4 Å². The molecule has 0 atom stereocenters. The number of likely N-dealkylation sites (tertiary alicyclic amines) is 1. The normalized spacial score (nSPS) is 13.9. The van der Waals surface area contributed by atoms with Gasteiger partial charge in [0.25, 0.3) is 5.91 Å². The summed E-state index contributed by atoms with van der Waals surface area (Å²) in [4.78, 5) is 34.3. The van der Waals surface area contributed by atoms with Gasteiger partial charge >= 0.3 is 0 Å². The van der Waals surface area contributed by atoms with Crippen LogP contribution in [0.25, 0.3) is 0 Å². The van der Waals surface area contributed by atoms with Crippen molar-refractivity contribution in [1.82, 2.24) is 29.7 Å². The zero-order valence-corrected chi connectivity index (χ0v) is 22.0. The van der Waals surface area contributed by atoms with E-state index >= 15 is 0 Å². The van der Waals surface area contributed by atoms with Crippen LogP contribution in [0.1, 0.15) is 34.3 Å². The molecule has 1 aliphatic rings. The Kier molecular flexibility index (Phi) is 8.02. The summed E-state index contributed by atoms with van der Waals surface area (Å²) in [5.74, 6) is 0.776. The first-order valence-corrected chi connectivity index (χ1v) is 12.9. The van der Waals surface area contributed by atoms with Gasteiger partial charge in [-0.1, -0.05) is 0 Å². The minimum atomic E-state index is -0.251. The van der Waals surface area contributed by atoms with Crippen molar-refractivity contribution in [3.8, 4) is 0 Å². The zero-order chi connectivity index (χ0) is 27.2. The Bertz CT molecular complexity index is 1410. The number of carbonyl (C=O) groups excluding carboxylic acids is 1. The fraction of sp³-hybridized carbons (Fsp3) is 0.276. The second-order valence-corrected chi connectivity index (χ2v) is 9.74. The van der Waals surface area contributed by atoms with Crippen LogP contribution in [0.3, 0.4) is 0 Å². The third-order valence-electron chi connectivity index (χ3n) is 6.89. The molecule has 0 saturated carbocycles. The van der Waals surface area contributed by atoms with E-state index in [1.165, 1.54) is 12.4 Å². The van der Waals surface area contributed by atoms with Crippen molar-refractivity contribution < 1.29 is 9.18 Å². The van der Waals surface area contributed by atoms with E-state index < -0.39 is 0 Å². The van der Waals surface area contributed by atoms with Gasteiger partial charge in [0.15, 0.2) is 0 Å². The Morgan fingerprint density at radius 1 is 1.03 bits per heavy atom. The van der Waals surface area contributed by atoms with Crippen molar-refractivity contribution in [3.05, 3.63) is 96.0 Å². The van der Waals surface area contributed by atoms with Gasteiger partial charge in [-0.3, -0.25) is 9.69 Å². The Hall–Kier alpha value is -4.44. The first-order valence-electron chi connectivity index (χ1n) is 12.9. The van der Waals surface area contributed by atoms with E-state index in [0.717, 1.165) is 49.4 Å². The number of nitrogens with zero attached hydrogens (tertiary/aromatic N) is 6. The van der Waals surface area contributed by atoms with Gasteiger partial charge in [-0.2, -0.15) is 4.98 Å². The highest BCUT2D eigenvalue weighted by atomic mass is 19.1. The molecule has 1 amide bonds. The molecule has 0 spiro atoms. The summed E-state index contributed by atoms with van der Waals surface area (Å²) in [6.45, 7) is 3.95. The standard InChI is InChI=1S/C29H31FN8O/c1-20-15-24(7-8-26(20)30)34-27-9-12-33-29(36-27)35-23-5-3-22(4-6-23)28(39)38-13-10-25(11-14-38)37(2)18-21-16-31-19-32-17-21/h3-9,12,15-17,19,25H,10-11,13-14,18H2,1-2H3,(H2,33,34,35,36). The van der Waals surface area contributed by atoms with E-state index in [4.69, 9.17) is 0 Å². The number of piperidine rings is 1. The van der Waals surface area contributed by atoms with Crippen LogP contribution in [0.5, 0.6) is 0 Å². The summed E-state index contributed by atoms with van der Waals surface area (Å²) in [5, 5.41) is 6.34. The second kappa shape index (κ2) is 12.0. The lowest BCUT2D eigenvalue weighted by Crippen LogP contribution is -2.45. The molecule has 2 aromatic carbocycles. The van der Waals surface area contributed by atoms with Gasteiger partial charge in [-0.05, 0) is 80.9 Å². The van der Waals surface area contributed by atoms with Gasteiger partial charge in [0.2, 0.25) is 5.95 Å². The number of halogens is 1. The molecule has 0 bridgehead atoms. The molecule has 39 heavy (non-hydrogen) atoms. The van der Waals surface area contributed by atoms with Crippen LogP contribution in [0, 0.1) is 12.7 Å². The molecule has 0 unspecified atom stereocenters. The third-order valence-corrected chi connectivity index (χ3v) is 6.89. The SMILES string of the molecule is Cc1cc(Nc2ccnc(Nc3ccc(C(=O)N4CCC(N(C)Cc5cncnc5)CC4)cc3)n2)ccc1F. The van der Waals surface area contributed by atoms with Crippen molar-refractivity contribution in [3.63, 3.8) is 0 Å². The maximum Gasteiger partial charge on any atom is 0.253 e. The number of carbonyl (C=O) groups is 1. The second-order valence-electron chi connectivity index (χ2n) is 9.74. The van der Waals surface area contributed by atoms with Crippen molar-refractivity contribution in [2.75, 3.05) is 30.8 Å². The van der Waals surface area contributed by atoms with E-state index in [1.54, 1.807) is 31.3 Å². The molecule has 4 aromatic rings. The summed E-state index contributed by atoms with van der Waals surface area (Å²) in [5.41, 5.74) is 3.80. The molecule has 5 rings (SSSR count). The van der Waals surface area contributed by atoms with Gasteiger partial charge in [0.1, 0.15) is 18.0 Å². The molecule has 2 aromatic heterocycles. The van der Waals surface area contributed by atoms with Crippen molar-refractivity contribution in [2.24, 2.45) is 0 Å². The first-order chi connectivity index (χ1) is 18.9. The average Bonchev–Trinajstić information content (AvgIpc) is 2.96. The molecule has 1 aliphatic heterocycles. The van der Waals surface area contributed by atoms with Crippen LogP contribution >= 0.6 is 0 Å². The van der Waals surface area contributed by atoms with E-state index in [-0.39, 0.29) is 11.7 Å². The van der Waals surface area contributed by atoms with Crippen molar-refractivity contribution in [2.45, 2.75) is 32.4 Å². The topological polar surface area (TPSA) is 99.2 Å². The number of hydrogen-bond donors (Lipinski definition) is 2. The Morgan fingerprint density at radius 3 is 2.46 bits per heavy atom. The number of aromatic nitrogens is 4. The van der Waals surface area contributed by atoms with Gasteiger partial charge in [0, 0.05) is 66.8 Å². The smallest absolute Gasteiger partial charge is 0.253 e. The van der Waals surface area contributed by atoms with Crippen LogP contribution in [-0.4, -0.2) is 61.8 Å². The summed E-state index contributed by atoms with van der Waals surface area (Å²) < 4.78 is 13.5. The van der Waals surface area contributed by atoms with E-state index in [0.29, 0.717) is 28.9 Å². The number of amides is 1. The summed E-state index contributed by atoms with van der Waals surface area (Å²) in [7, 11) is 2.11. The van der Waals surface area contributed by atoms with Gasteiger partial charge in [-0.15, -0.1) is 0 Å². The fourth-order valence-corrected chi connectivity index (χ4v) is 4.71. The van der Waals surface area contributed by atoms with Gasteiger partial charge in [0.05, 0.1) is 0 Å². The molecule has 3 heterocycles. The summed E-state index contributed by atoms with van der Waals surface area (Å²) >= 11 is 0. The summed E-state index contributed by atoms with van der Waals surface area (Å²) in [6.07, 6.45) is 8.71. The van der Waals surface area contributed by atoms with Crippen molar-refractivity contribution >= 4 is 29.0 Å². The number of benzene rings is 2. The summed E-state index contributed by atoms with van der Waals surface area (Å²) in [6, 6.07) is 14.3. The average molecular weight is 527 g/mol. The van der Waals surface area contributed by atoms with Gasteiger partial charge in [-0.25, -0.2) is 19.3 Å². The molecule has 9 nitrogen and oxygen atoms in total. The van der Waals surface area contributed by atoms with Crippen LogP contribution in [-0.2, 0) is 6.54 Å². The predicted molar refractivity (Wildman–Crippen MR) is 149 cm³/mol. The van der Waals surface area contributed by atoms with E-state index in [1.807, 2.05) is 41.6 Å². The lowest BCUT2D eigenvalue weighted by molar-refractivity contribution is 0.0639.